The zero-order chi connectivity index (χ0) is 22.4. The number of nitrogens with zero attached hydrogens (tertiary/aromatic N) is 1. The van der Waals surface area contributed by atoms with Crippen molar-refractivity contribution in [2.75, 3.05) is 22.8 Å². The molecule has 31 heavy (non-hydrogen) atoms. The summed E-state index contributed by atoms with van der Waals surface area (Å²) in [5.74, 6) is -0.569. The molecule has 1 N–H and O–H groups in total. The van der Waals surface area contributed by atoms with Gasteiger partial charge in [0.15, 0.2) is 0 Å². The third-order valence-corrected chi connectivity index (χ3v) is 6.26. The summed E-state index contributed by atoms with van der Waals surface area (Å²) in [6.45, 7) is 1.79. The van der Waals surface area contributed by atoms with E-state index < -0.39 is 28.3 Å². The number of hydrogen-bond acceptors (Lipinski definition) is 4. The highest BCUT2D eigenvalue weighted by atomic mass is 35.5. The van der Waals surface area contributed by atoms with Crippen LogP contribution < -0.4 is 14.4 Å². The first kappa shape index (κ1) is 22.6. The first-order valence-corrected chi connectivity index (χ1v) is 11.2. The highest BCUT2D eigenvalue weighted by Gasteiger charge is 2.27. The van der Waals surface area contributed by atoms with E-state index in [4.69, 9.17) is 16.3 Å². The molecule has 6 nitrogen and oxygen atoms in total. The van der Waals surface area contributed by atoms with Gasteiger partial charge in [0.1, 0.15) is 18.1 Å². The number of nitrogens with one attached hydrogen (secondary N) is 1. The molecule has 0 atom stereocenters. The van der Waals surface area contributed by atoms with Crippen LogP contribution in [0.3, 0.4) is 0 Å². The lowest BCUT2D eigenvalue weighted by molar-refractivity contribution is -0.114. The van der Waals surface area contributed by atoms with Crippen molar-refractivity contribution in [1.29, 1.82) is 0 Å². The van der Waals surface area contributed by atoms with Crippen molar-refractivity contribution in [1.82, 2.24) is 0 Å². The van der Waals surface area contributed by atoms with Gasteiger partial charge in [0.2, 0.25) is 5.91 Å². The van der Waals surface area contributed by atoms with Crippen LogP contribution in [-0.4, -0.2) is 27.5 Å². The zero-order valence-electron chi connectivity index (χ0n) is 16.6. The van der Waals surface area contributed by atoms with Crippen molar-refractivity contribution in [3.05, 3.63) is 83.6 Å². The Morgan fingerprint density at radius 3 is 2.35 bits per heavy atom. The second-order valence-electron chi connectivity index (χ2n) is 6.45. The minimum atomic E-state index is -4.15. The molecular formula is C22H20ClFN2O4S. The fraction of sp³-hybridized carbons (Fsp3) is 0.136. The number of ether oxygens (including phenoxy) is 1. The Balaban J connectivity index is 1.93. The highest BCUT2D eigenvalue weighted by Crippen LogP contribution is 2.26. The average molecular weight is 463 g/mol. The van der Waals surface area contributed by atoms with Crippen molar-refractivity contribution in [3.63, 3.8) is 0 Å². The van der Waals surface area contributed by atoms with Crippen molar-refractivity contribution < 1.29 is 22.3 Å². The molecule has 0 aromatic heterocycles. The number of halogens is 2. The van der Waals surface area contributed by atoms with E-state index >= 15 is 0 Å². The van der Waals surface area contributed by atoms with Crippen LogP contribution in [0, 0.1) is 5.82 Å². The largest absolute Gasteiger partial charge is 0.494 e. The molecule has 0 radical (unpaired) electrons. The molecular weight excluding hydrogens is 443 g/mol. The first-order chi connectivity index (χ1) is 14.8. The van der Waals surface area contributed by atoms with E-state index in [0.717, 1.165) is 28.6 Å². The zero-order valence-corrected chi connectivity index (χ0v) is 18.2. The Morgan fingerprint density at radius 1 is 1.06 bits per heavy atom. The predicted molar refractivity (Wildman–Crippen MR) is 119 cm³/mol. The molecule has 9 heteroatoms. The van der Waals surface area contributed by atoms with Gasteiger partial charge in [-0.25, -0.2) is 12.8 Å². The van der Waals surface area contributed by atoms with Gasteiger partial charge in [-0.2, -0.15) is 0 Å². The molecule has 3 aromatic carbocycles. The van der Waals surface area contributed by atoms with E-state index in [1.165, 1.54) is 0 Å². The van der Waals surface area contributed by atoms with Gasteiger partial charge in [-0.05, 0) is 73.7 Å². The molecule has 0 saturated heterocycles. The number of carbonyl (C=O) groups excluding carboxylic acids is 1. The number of amides is 1. The van der Waals surface area contributed by atoms with Gasteiger partial charge in [0.25, 0.3) is 10.0 Å². The van der Waals surface area contributed by atoms with Crippen LogP contribution in [0.15, 0.2) is 77.7 Å². The second kappa shape index (κ2) is 9.80. The number of sulfonamides is 1. The molecule has 0 heterocycles. The maximum absolute atomic E-state index is 13.3. The SMILES string of the molecule is CCOc1ccc(N(CC(=O)Nc2cccc(Cl)c2)S(=O)(=O)c2ccc(F)cc2)cc1. The van der Waals surface area contributed by atoms with Crippen LogP contribution in [0.25, 0.3) is 0 Å². The van der Waals surface area contributed by atoms with Gasteiger partial charge >= 0.3 is 0 Å². The third-order valence-electron chi connectivity index (χ3n) is 4.23. The van der Waals surface area contributed by atoms with Crippen molar-refractivity contribution in [2.45, 2.75) is 11.8 Å². The third kappa shape index (κ3) is 5.74. The van der Waals surface area contributed by atoms with Gasteiger partial charge < -0.3 is 10.1 Å². The van der Waals surface area contributed by atoms with Gasteiger partial charge in [0.05, 0.1) is 17.2 Å². The Morgan fingerprint density at radius 2 is 1.74 bits per heavy atom. The van der Waals surface area contributed by atoms with E-state index in [9.17, 15) is 17.6 Å². The molecule has 0 fully saturated rings. The Labute approximate surface area is 185 Å². The standard InChI is InChI=1S/C22H20ClFN2O4S/c1-2-30-20-10-8-19(9-11-20)26(31(28,29)21-12-6-17(24)7-13-21)15-22(27)25-18-5-3-4-16(23)14-18/h3-14H,2,15H2,1H3,(H,25,27). The summed E-state index contributed by atoms with van der Waals surface area (Å²) in [5, 5.41) is 3.06. The van der Waals surface area contributed by atoms with Crippen molar-refractivity contribution in [2.24, 2.45) is 0 Å². The molecule has 0 unspecified atom stereocenters. The fourth-order valence-corrected chi connectivity index (χ4v) is 4.43. The maximum atomic E-state index is 13.3. The minimum absolute atomic E-state index is 0.140. The predicted octanol–water partition coefficient (Wildman–Crippen LogP) is 4.71. The maximum Gasteiger partial charge on any atom is 0.264 e. The van der Waals surface area contributed by atoms with E-state index in [0.29, 0.717) is 23.1 Å². The molecule has 162 valence electrons. The molecule has 3 aromatic rings. The van der Waals surface area contributed by atoms with E-state index in [2.05, 4.69) is 5.32 Å². The molecule has 0 bridgehead atoms. The summed E-state index contributed by atoms with van der Waals surface area (Å²) in [4.78, 5) is 12.5. The van der Waals surface area contributed by atoms with Crippen molar-refractivity contribution >= 4 is 38.9 Å². The van der Waals surface area contributed by atoms with Crippen LogP contribution in [-0.2, 0) is 14.8 Å². The van der Waals surface area contributed by atoms with Crippen molar-refractivity contribution in [3.8, 4) is 5.75 Å². The molecule has 1 amide bonds. The molecule has 0 aliphatic rings. The van der Waals surface area contributed by atoms with E-state index in [1.807, 2.05) is 6.92 Å². The number of carbonyl (C=O) groups is 1. The van der Waals surface area contributed by atoms with Gasteiger partial charge in [0, 0.05) is 10.7 Å². The fourth-order valence-electron chi connectivity index (χ4n) is 2.82. The smallest absolute Gasteiger partial charge is 0.264 e. The summed E-state index contributed by atoms with van der Waals surface area (Å²) in [6, 6.07) is 17.2. The lowest BCUT2D eigenvalue weighted by Gasteiger charge is -2.24. The average Bonchev–Trinajstić information content (AvgIpc) is 2.73. The van der Waals surface area contributed by atoms with Gasteiger partial charge in [-0.3, -0.25) is 9.10 Å². The quantitative estimate of drug-likeness (QED) is 0.526. The lowest BCUT2D eigenvalue weighted by atomic mass is 10.3. The molecule has 0 aliphatic heterocycles. The normalized spacial score (nSPS) is 11.1. The summed E-state index contributed by atoms with van der Waals surface area (Å²) >= 11 is 5.94. The van der Waals surface area contributed by atoms with Crippen LogP contribution >= 0.6 is 11.6 Å². The summed E-state index contributed by atoms with van der Waals surface area (Å²) < 4.78 is 46.2. The number of rotatable bonds is 8. The lowest BCUT2D eigenvalue weighted by Crippen LogP contribution is -2.38. The summed E-state index contributed by atoms with van der Waals surface area (Å²) in [7, 11) is -4.15. The highest BCUT2D eigenvalue weighted by molar-refractivity contribution is 7.92. The molecule has 0 saturated carbocycles. The van der Waals surface area contributed by atoms with E-state index in [-0.39, 0.29) is 10.6 Å². The van der Waals surface area contributed by atoms with Crippen LogP contribution in [0.1, 0.15) is 6.92 Å². The summed E-state index contributed by atoms with van der Waals surface area (Å²) in [6.07, 6.45) is 0. The molecule has 0 aliphatic carbocycles. The van der Waals surface area contributed by atoms with Crippen LogP contribution in [0.2, 0.25) is 5.02 Å². The van der Waals surface area contributed by atoms with Crippen LogP contribution in [0.4, 0.5) is 15.8 Å². The number of hydrogen-bond donors (Lipinski definition) is 1. The second-order valence-corrected chi connectivity index (χ2v) is 8.75. The topological polar surface area (TPSA) is 75.7 Å². The first-order valence-electron chi connectivity index (χ1n) is 9.36. The Bertz CT molecular complexity index is 1150. The molecule has 3 rings (SSSR count). The van der Waals surface area contributed by atoms with Gasteiger partial charge in [-0.1, -0.05) is 17.7 Å². The number of anilines is 2. The van der Waals surface area contributed by atoms with E-state index in [1.54, 1.807) is 48.5 Å². The Hall–Kier alpha value is -3.10. The monoisotopic (exact) mass is 462 g/mol. The van der Waals surface area contributed by atoms with Gasteiger partial charge in [-0.15, -0.1) is 0 Å². The van der Waals surface area contributed by atoms with Crippen LogP contribution in [0.5, 0.6) is 5.75 Å². The molecule has 0 spiro atoms. The summed E-state index contributed by atoms with van der Waals surface area (Å²) in [5.41, 5.74) is 0.692. The Kier molecular flexibility index (Phi) is 7.14. The minimum Gasteiger partial charge on any atom is -0.494 e. The number of benzene rings is 3.